The van der Waals surface area contributed by atoms with Gasteiger partial charge in [-0.05, 0) is 61.7 Å². The molecule has 0 radical (unpaired) electrons. The first kappa shape index (κ1) is 34.6. The van der Waals surface area contributed by atoms with E-state index in [1.54, 1.807) is 4.90 Å². The molecule has 1 aliphatic heterocycles. The van der Waals surface area contributed by atoms with Crippen molar-refractivity contribution < 1.29 is 28.8 Å². The Kier molecular flexibility index (Phi) is 11.8. The lowest BCUT2D eigenvalue weighted by Crippen LogP contribution is -2.56. The van der Waals surface area contributed by atoms with Crippen LogP contribution in [0.15, 0.2) is 18.6 Å². The summed E-state index contributed by atoms with van der Waals surface area (Å²) in [7, 11) is 0. The van der Waals surface area contributed by atoms with Gasteiger partial charge in [-0.3, -0.25) is 33.8 Å². The van der Waals surface area contributed by atoms with E-state index in [1.165, 1.54) is 18.6 Å². The molecule has 1 N–H and O–H groups in total. The number of Topliss-reactive ketones (excluding diaryl/α,β-unsaturated/α-hetero) is 4. The molecule has 1 aromatic rings. The highest BCUT2D eigenvalue weighted by molar-refractivity contribution is 6.38. The van der Waals surface area contributed by atoms with Crippen LogP contribution in [0.25, 0.3) is 0 Å². The van der Waals surface area contributed by atoms with Crippen LogP contribution in [-0.2, 0) is 24.0 Å². The second-order valence-corrected chi connectivity index (χ2v) is 14.2. The fourth-order valence-electron chi connectivity index (χ4n) is 7.23. The topological polar surface area (TPSA) is 143 Å². The van der Waals surface area contributed by atoms with E-state index in [0.29, 0.717) is 25.3 Å². The van der Waals surface area contributed by atoms with Crippen molar-refractivity contribution in [3.05, 3.63) is 24.3 Å². The molecule has 3 fully saturated rings. The van der Waals surface area contributed by atoms with Gasteiger partial charge in [0.1, 0.15) is 11.7 Å². The van der Waals surface area contributed by atoms with Crippen LogP contribution < -0.4 is 5.32 Å². The van der Waals surface area contributed by atoms with Crippen molar-refractivity contribution in [1.29, 1.82) is 0 Å². The second-order valence-electron chi connectivity index (χ2n) is 14.2. The molecule has 6 atom stereocenters. The number of aromatic nitrogens is 2. The maximum Gasteiger partial charge on any atom is 0.246 e. The maximum atomic E-state index is 14.2. The van der Waals surface area contributed by atoms with Crippen LogP contribution in [-0.4, -0.2) is 68.4 Å². The van der Waals surface area contributed by atoms with Crippen LogP contribution in [0.1, 0.15) is 109 Å². The van der Waals surface area contributed by atoms with E-state index in [1.807, 2.05) is 34.6 Å². The van der Waals surface area contributed by atoms with Crippen LogP contribution in [0.3, 0.4) is 0 Å². The number of rotatable bonds is 17. The molecule has 45 heavy (non-hydrogen) atoms. The van der Waals surface area contributed by atoms with Crippen molar-refractivity contribution in [3.63, 3.8) is 0 Å². The summed E-state index contributed by atoms with van der Waals surface area (Å²) in [5.74, 6) is -3.26. The average Bonchev–Trinajstić information content (AvgIpc) is 3.57. The Morgan fingerprint density at radius 3 is 2.29 bits per heavy atom. The van der Waals surface area contributed by atoms with Gasteiger partial charge in [0.15, 0.2) is 17.3 Å². The number of hydrogen-bond donors (Lipinski definition) is 1. The number of nitrogens with one attached hydrogen (secondary N) is 1. The van der Waals surface area contributed by atoms with E-state index >= 15 is 0 Å². The van der Waals surface area contributed by atoms with Crippen LogP contribution in [0, 0.1) is 41.4 Å². The van der Waals surface area contributed by atoms with E-state index in [4.69, 9.17) is 0 Å². The Labute approximate surface area is 266 Å². The van der Waals surface area contributed by atoms with Crippen LogP contribution in [0.4, 0.5) is 0 Å². The zero-order chi connectivity index (χ0) is 32.8. The van der Waals surface area contributed by atoms with Crippen molar-refractivity contribution in [2.45, 2.75) is 111 Å². The maximum absolute atomic E-state index is 14.2. The van der Waals surface area contributed by atoms with E-state index < -0.39 is 29.7 Å². The molecule has 0 spiro atoms. The number of fused-ring (bicyclic) bond motifs is 1. The molecule has 3 aliphatic rings. The Morgan fingerprint density at radius 1 is 0.956 bits per heavy atom. The highest BCUT2D eigenvalue weighted by Gasteiger charge is 2.51. The van der Waals surface area contributed by atoms with Gasteiger partial charge in [0.2, 0.25) is 17.6 Å². The zero-order valence-corrected chi connectivity index (χ0v) is 27.5. The predicted octanol–water partition coefficient (Wildman–Crippen LogP) is 4.40. The fourth-order valence-corrected chi connectivity index (χ4v) is 7.23. The van der Waals surface area contributed by atoms with Crippen LogP contribution in [0.5, 0.6) is 0 Å². The molecule has 246 valence electrons. The summed E-state index contributed by atoms with van der Waals surface area (Å²) in [6.45, 7) is 9.81. The highest BCUT2D eigenvalue weighted by Crippen LogP contribution is 2.44. The Balaban J connectivity index is 1.50. The van der Waals surface area contributed by atoms with E-state index in [0.717, 1.165) is 32.1 Å². The number of likely N-dealkylation sites (tertiary alicyclic amines) is 1. The normalized spacial score (nSPS) is 23.0. The molecule has 10 nitrogen and oxygen atoms in total. The van der Waals surface area contributed by atoms with Gasteiger partial charge in [-0.2, -0.15) is 0 Å². The van der Waals surface area contributed by atoms with Gasteiger partial charge in [-0.1, -0.05) is 47.5 Å². The molecule has 2 heterocycles. The average molecular weight is 623 g/mol. The first-order valence-electron chi connectivity index (χ1n) is 16.9. The van der Waals surface area contributed by atoms with Crippen molar-refractivity contribution in [2.24, 2.45) is 41.4 Å². The SMILES string of the molecule is CCCC(CC(=O)C1[C@H]2CCC[C@H]2CN1C(=O)[C@@H](NC(=O)[C@H](CC(=O)c1cnccn1)C(C)C)C(C)C)C(=O)C(=O)CC1CC1. The third-order valence-electron chi connectivity index (χ3n) is 10.0. The number of carbonyl (C=O) groups is 6. The van der Waals surface area contributed by atoms with Gasteiger partial charge in [-0.25, -0.2) is 4.98 Å². The number of carbonyl (C=O) groups excluding carboxylic acids is 6. The molecule has 0 bridgehead atoms. The summed E-state index contributed by atoms with van der Waals surface area (Å²) >= 11 is 0. The van der Waals surface area contributed by atoms with E-state index in [9.17, 15) is 28.8 Å². The first-order valence-corrected chi connectivity index (χ1v) is 16.9. The summed E-state index contributed by atoms with van der Waals surface area (Å²) in [6, 6.07) is -1.55. The van der Waals surface area contributed by atoms with Gasteiger partial charge >= 0.3 is 0 Å². The lowest BCUT2D eigenvalue weighted by molar-refractivity contribution is -0.144. The number of ketones is 4. The minimum absolute atomic E-state index is 0.0116. The quantitative estimate of drug-likeness (QED) is 0.199. The summed E-state index contributed by atoms with van der Waals surface area (Å²) in [6.07, 6.45) is 10.3. The molecule has 10 heteroatoms. The monoisotopic (exact) mass is 622 g/mol. The van der Waals surface area contributed by atoms with Crippen molar-refractivity contribution in [3.8, 4) is 0 Å². The molecular weight excluding hydrogens is 572 g/mol. The lowest BCUT2D eigenvalue weighted by atomic mass is 9.84. The molecule has 4 rings (SSSR count). The molecule has 2 unspecified atom stereocenters. The van der Waals surface area contributed by atoms with Gasteiger partial charge in [0, 0.05) is 50.0 Å². The highest BCUT2D eigenvalue weighted by atomic mass is 16.2. The van der Waals surface area contributed by atoms with Gasteiger partial charge in [-0.15, -0.1) is 0 Å². The smallest absolute Gasteiger partial charge is 0.246 e. The zero-order valence-electron chi connectivity index (χ0n) is 27.5. The molecule has 2 saturated carbocycles. The van der Waals surface area contributed by atoms with Crippen LogP contribution >= 0.6 is 0 Å². The van der Waals surface area contributed by atoms with Crippen molar-refractivity contribution >= 4 is 34.9 Å². The number of amides is 2. The molecule has 2 amide bonds. The molecule has 1 saturated heterocycles. The molecular formula is C35H50N4O6. The lowest BCUT2D eigenvalue weighted by Gasteiger charge is -2.33. The van der Waals surface area contributed by atoms with E-state index in [-0.39, 0.29) is 77.8 Å². The van der Waals surface area contributed by atoms with Gasteiger partial charge in [0.05, 0.1) is 12.2 Å². The Hall–Kier alpha value is -3.30. The summed E-state index contributed by atoms with van der Waals surface area (Å²) in [5.41, 5.74) is 0.187. The first-order chi connectivity index (χ1) is 21.4. The summed E-state index contributed by atoms with van der Waals surface area (Å²) in [5, 5.41) is 2.95. The Bertz CT molecular complexity index is 1260. The minimum Gasteiger partial charge on any atom is -0.344 e. The van der Waals surface area contributed by atoms with Crippen molar-refractivity contribution in [2.75, 3.05) is 6.54 Å². The Morgan fingerprint density at radius 2 is 1.69 bits per heavy atom. The van der Waals surface area contributed by atoms with Gasteiger partial charge in [0.25, 0.3) is 0 Å². The predicted molar refractivity (Wildman–Crippen MR) is 168 cm³/mol. The van der Waals surface area contributed by atoms with Gasteiger partial charge < -0.3 is 10.2 Å². The summed E-state index contributed by atoms with van der Waals surface area (Å²) in [4.78, 5) is 90.3. The molecule has 2 aliphatic carbocycles. The molecule has 1 aromatic heterocycles. The third kappa shape index (κ3) is 8.50. The second kappa shape index (κ2) is 15.3. The molecule has 0 aromatic carbocycles. The van der Waals surface area contributed by atoms with Crippen molar-refractivity contribution in [1.82, 2.24) is 20.2 Å². The minimum atomic E-state index is -0.882. The van der Waals surface area contributed by atoms with E-state index in [2.05, 4.69) is 15.3 Å². The number of nitrogens with zero attached hydrogens (tertiary/aromatic N) is 3. The number of hydrogen-bond acceptors (Lipinski definition) is 8. The third-order valence-corrected chi connectivity index (χ3v) is 10.0. The van der Waals surface area contributed by atoms with Crippen LogP contribution in [0.2, 0.25) is 0 Å². The summed E-state index contributed by atoms with van der Waals surface area (Å²) < 4.78 is 0. The largest absolute Gasteiger partial charge is 0.344 e. The standard InChI is InChI=1S/C35H50N4O6/c1-6-8-23(33(43)30(42)15-22-11-12-22)16-29(41)32-25-10-7-9-24(25)19-39(32)35(45)31(21(4)5)38-34(44)26(20(2)3)17-28(40)27-18-36-13-14-37-27/h13-14,18,20-26,31-32H,6-12,15-17,19H2,1-5H3,(H,38,44)/t23?,24-,25-,26+,31-,32?/m0/s1. The fraction of sp³-hybridized carbons (Fsp3) is 0.714.